The van der Waals surface area contributed by atoms with Gasteiger partial charge in [-0.15, -0.1) is 0 Å². The maximum absolute atomic E-state index is 11.6. The normalized spacial score (nSPS) is 13.1. The number of ether oxygens (including phenoxy) is 1. The Morgan fingerprint density at radius 2 is 1.75 bits per heavy atom. The van der Waals surface area contributed by atoms with E-state index in [1.54, 1.807) is 24.3 Å². The first kappa shape index (κ1) is 18.3. The highest BCUT2D eigenvalue weighted by Gasteiger charge is 2.18. The Bertz CT molecular complexity index is 633. The first-order valence-corrected chi connectivity index (χ1v) is 8.00. The van der Waals surface area contributed by atoms with Crippen LogP contribution in [0.5, 0.6) is 0 Å². The minimum Gasteiger partial charge on any atom is -0.445 e. The molecule has 0 spiro atoms. The van der Waals surface area contributed by atoms with E-state index in [0.29, 0.717) is 10.6 Å². The molecule has 0 aliphatic heterocycles. The van der Waals surface area contributed by atoms with Crippen LogP contribution in [-0.2, 0) is 11.3 Å². The summed E-state index contributed by atoms with van der Waals surface area (Å²) in [5.74, 6) is 0. The van der Waals surface area contributed by atoms with Crippen LogP contribution in [0.3, 0.4) is 0 Å². The second kappa shape index (κ2) is 9.27. The van der Waals surface area contributed by atoms with Crippen molar-refractivity contribution in [2.45, 2.75) is 25.2 Å². The molecule has 0 aromatic heterocycles. The van der Waals surface area contributed by atoms with Gasteiger partial charge >= 0.3 is 6.09 Å². The van der Waals surface area contributed by atoms with Gasteiger partial charge in [0.15, 0.2) is 0 Å². The van der Waals surface area contributed by atoms with Crippen molar-refractivity contribution >= 4 is 17.7 Å². The third-order valence-corrected chi connectivity index (χ3v) is 3.75. The van der Waals surface area contributed by atoms with Crippen LogP contribution in [0, 0.1) is 0 Å². The van der Waals surface area contributed by atoms with Gasteiger partial charge in [-0.3, -0.25) is 0 Å². The van der Waals surface area contributed by atoms with Crippen molar-refractivity contribution in [2.24, 2.45) is 0 Å². The first-order chi connectivity index (χ1) is 11.6. The number of rotatable bonds is 7. The zero-order valence-electron chi connectivity index (χ0n) is 13.1. The Morgan fingerprint density at radius 3 is 2.42 bits per heavy atom. The zero-order chi connectivity index (χ0) is 17.4. The Hall–Kier alpha value is -2.08. The Morgan fingerprint density at radius 1 is 1.08 bits per heavy atom. The highest BCUT2D eigenvalue weighted by molar-refractivity contribution is 6.30. The minimum absolute atomic E-state index is 0.183. The molecular weight excluding hydrogens is 330 g/mol. The molecule has 1 amide bonds. The first-order valence-electron chi connectivity index (χ1n) is 7.62. The van der Waals surface area contributed by atoms with Crippen LogP contribution in [-0.4, -0.2) is 29.0 Å². The van der Waals surface area contributed by atoms with Gasteiger partial charge in [-0.2, -0.15) is 0 Å². The third-order valence-electron chi connectivity index (χ3n) is 3.50. The number of halogens is 1. The standard InChI is InChI=1S/C18H20ClNO4/c19-15-8-6-14(7-9-15)17(22)16(21)10-11-20-18(23)24-12-13-4-2-1-3-5-13/h1-9,16-17,21-22H,10-12H2,(H,20,23). The molecule has 2 unspecified atom stereocenters. The molecule has 0 bridgehead atoms. The van der Waals surface area contributed by atoms with Gasteiger partial charge in [0.25, 0.3) is 0 Å². The van der Waals surface area contributed by atoms with Crippen LogP contribution >= 0.6 is 11.6 Å². The molecule has 2 atom stereocenters. The summed E-state index contributed by atoms with van der Waals surface area (Å²) >= 11 is 5.78. The number of aliphatic hydroxyl groups is 2. The van der Waals surface area contributed by atoms with E-state index in [2.05, 4.69) is 5.32 Å². The molecule has 0 saturated heterocycles. The molecule has 2 rings (SSSR count). The monoisotopic (exact) mass is 349 g/mol. The van der Waals surface area contributed by atoms with Gasteiger partial charge in [-0.25, -0.2) is 4.79 Å². The van der Waals surface area contributed by atoms with Crippen molar-refractivity contribution < 1.29 is 19.7 Å². The molecule has 6 heteroatoms. The molecule has 0 heterocycles. The van der Waals surface area contributed by atoms with Gasteiger partial charge in [0.05, 0.1) is 6.10 Å². The summed E-state index contributed by atoms with van der Waals surface area (Å²) in [6, 6.07) is 15.9. The fourth-order valence-corrected chi connectivity index (χ4v) is 2.26. The summed E-state index contributed by atoms with van der Waals surface area (Å²) < 4.78 is 5.06. The van der Waals surface area contributed by atoms with Crippen LogP contribution in [0.4, 0.5) is 4.79 Å². The van der Waals surface area contributed by atoms with E-state index < -0.39 is 18.3 Å². The van der Waals surface area contributed by atoms with Crippen molar-refractivity contribution in [2.75, 3.05) is 6.54 Å². The van der Waals surface area contributed by atoms with Crippen molar-refractivity contribution in [3.63, 3.8) is 0 Å². The quantitative estimate of drug-likeness (QED) is 0.718. The van der Waals surface area contributed by atoms with Gasteiger partial charge in [0.1, 0.15) is 12.7 Å². The summed E-state index contributed by atoms with van der Waals surface area (Å²) in [4.78, 5) is 11.6. The summed E-state index contributed by atoms with van der Waals surface area (Å²) in [5, 5.41) is 23.2. The SMILES string of the molecule is O=C(NCCC(O)C(O)c1ccc(Cl)cc1)OCc1ccccc1. The Balaban J connectivity index is 1.68. The molecule has 5 nitrogen and oxygen atoms in total. The molecule has 2 aromatic carbocycles. The number of amides is 1. The number of nitrogens with one attached hydrogen (secondary N) is 1. The number of carbonyl (C=O) groups is 1. The van der Waals surface area contributed by atoms with Crippen LogP contribution in [0.25, 0.3) is 0 Å². The largest absolute Gasteiger partial charge is 0.445 e. The molecule has 0 aliphatic carbocycles. The van der Waals surface area contributed by atoms with Gasteiger partial charge in [0.2, 0.25) is 0 Å². The maximum atomic E-state index is 11.6. The number of hydrogen-bond acceptors (Lipinski definition) is 4. The molecule has 128 valence electrons. The lowest BCUT2D eigenvalue weighted by molar-refractivity contribution is 0.0136. The lowest BCUT2D eigenvalue weighted by Gasteiger charge is -2.18. The van der Waals surface area contributed by atoms with Crippen molar-refractivity contribution in [1.29, 1.82) is 0 Å². The van der Waals surface area contributed by atoms with Crippen LogP contribution in [0.1, 0.15) is 23.7 Å². The van der Waals surface area contributed by atoms with Crippen molar-refractivity contribution in [3.05, 3.63) is 70.7 Å². The zero-order valence-corrected chi connectivity index (χ0v) is 13.8. The van der Waals surface area contributed by atoms with Crippen LogP contribution < -0.4 is 5.32 Å². The van der Waals surface area contributed by atoms with Crippen molar-refractivity contribution in [3.8, 4) is 0 Å². The molecule has 0 radical (unpaired) electrons. The summed E-state index contributed by atoms with van der Waals surface area (Å²) in [6.07, 6.45) is -2.40. The number of carbonyl (C=O) groups excluding carboxylic acids is 1. The average molecular weight is 350 g/mol. The van der Waals surface area contributed by atoms with E-state index >= 15 is 0 Å². The Labute approximate surface area is 145 Å². The Kier molecular flexibility index (Phi) is 7.06. The topological polar surface area (TPSA) is 78.8 Å². The number of aliphatic hydroxyl groups excluding tert-OH is 2. The van der Waals surface area contributed by atoms with E-state index in [4.69, 9.17) is 16.3 Å². The van der Waals surface area contributed by atoms with Gasteiger partial charge in [-0.05, 0) is 29.7 Å². The van der Waals surface area contributed by atoms with E-state index in [9.17, 15) is 15.0 Å². The molecule has 3 N–H and O–H groups in total. The maximum Gasteiger partial charge on any atom is 0.407 e. The number of benzene rings is 2. The minimum atomic E-state index is -1.04. The summed E-state index contributed by atoms with van der Waals surface area (Å²) in [6.45, 7) is 0.377. The van der Waals surface area contributed by atoms with Gasteiger partial charge in [-0.1, -0.05) is 54.1 Å². The van der Waals surface area contributed by atoms with Crippen LogP contribution in [0.2, 0.25) is 5.02 Å². The fraction of sp³-hybridized carbons (Fsp3) is 0.278. The molecule has 24 heavy (non-hydrogen) atoms. The van der Waals surface area contributed by atoms with E-state index in [1.807, 2.05) is 30.3 Å². The van der Waals surface area contributed by atoms with E-state index in [-0.39, 0.29) is 19.6 Å². The fourth-order valence-electron chi connectivity index (χ4n) is 2.14. The van der Waals surface area contributed by atoms with Crippen LogP contribution in [0.15, 0.2) is 54.6 Å². The predicted molar refractivity (Wildman–Crippen MR) is 91.7 cm³/mol. The molecule has 0 aliphatic rings. The lowest BCUT2D eigenvalue weighted by atomic mass is 10.0. The summed E-state index contributed by atoms with van der Waals surface area (Å²) in [5.41, 5.74) is 1.46. The molecule has 0 saturated carbocycles. The summed E-state index contributed by atoms with van der Waals surface area (Å²) in [7, 11) is 0. The van der Waals surface area contributed by atoms with Gasteiger partial charge in [0, 0.05) is 11.6 Å². The average Bonchev–Trinajstić information content (AvgIpc) is 2.61. The lowest BCUT2D eigenvalue weighted by Crippen LogP contribution is -2.29. The van der Waals surface area contributed by atoms with Crippen molar-refractivity contribution in [1.82, 2.24) is 5.32 Å². The van der Waals surface area contributed by atoms with Gasteiger partial charge < -0.3 is 20.3 Å². The third kappa shape index (κ3) is 5.85. The smallest absolute Gasteiger partial charge is 0.407 e. The van der Waals surface area contributed by atoms with E-state index in [1.165, 1.54) is 0 Å². The highest BCUT2D eigenvalue weighted by atomic mass is 35.5. The molecule has 2 aromatic rings. The molecule has 0 fully saturated rings. The van der Waals surface area contributed by atoms with E-state index in [0.717, 1.165) is 5.56 Å². The second-order valence-electron chi connectivity index (χ2n) is 5.34. The second-order valence-corrected chi connectivity index (χ2v) is 5.78. The molecular formula is C18H20ClNO4. The highest BCUT2D eigenvalue weighted by Crippen LogP contribution is 2.20. The number of hydrogen-bond donors (Lipinski definition) is 3. The number of alkyl carbamates (subject to hydrolysis) is 1. The predicted octanol–water partition coefficient (Wildman–Crippen LogP) is 3.05.